The molecule has 0 radical (unpaired) electrons. The van der Waals surface area contributed by atoms with E-state index in [0.717, 1.165) is 21.1 Å². The van der Waals surface area contributed by atoms with E-state index in [0.29, 0.717) is 17.3 Å². The van der Waals surface area contributed by atoms with E-state index < -0.39 is 0 Å². The van der Waals surface area contributed by atoms with E-state index in [9.17, 15) is 4.79 Å². The van der Waals surface area contributed by atoms with Crippen LogP contribution in [0.25, 0.3) is 10.9 Å². The summed E-state index contributed by atoms with van der Waals surface area (Å²) in [6.45, 7) is 3.45. The predicted octanol–water partition coefficient (Wildman–Crippen LogP) is 4.27. The molecule has 0 spiro atoms. The summed E-state index contributed by atoms with van der Waals surface area (Å²) in [5.74, 6) is 1.06. The van der Waals surface area contributed by atoms with E-state index in [2.05, 4.69) is 43.1 Å². The molecule has 25 heavy (non-hydrogen) atoms. The Balaban J connectivity index is 1.99. The largest absolute Gasteiger partial charge is 0.495 e. The number of amides is 1. The van der Waals surface area contributed by atoms with Gasteiger partial charge in [0.25, 0.3) is 0 Å². The second-order valence-corrected chi connectivity index (χ2v) is 5.98. The Morgan fingerprint density at radius 1 is 1.20 bits per heavy atom. The van der Waals surface area contributed by atoms with Gasteiger partial charge in [0, 0.05) is 22.8 Å². The fourth-order valence-electron chi connectivity index (χ4n) is 2.30. The predicted molar refractivity (Wildman–Crippen MR) is 102 cm³/mol. The van der Waals surface area contributed by atoms with E-state index in [4.69, 9.17) is 4.74 Å². The number of fused-ring (bicyclic) bond motifs is 1. The first kappa shape index (κ1) is 16.9. The minimum atomic E-state index is -0.275. The maximum atomic E-state index is 11.5. The molecule has 2 N–H and O–H groups in total. The Hall–Kier alpha value is -2.93. The molecule has 1 amide bonds. The Bertz CT molecular complexity index is 959. The molecule has 6 nitrogen and oxygen atoms in total. The van der Waals surface area contributed by atoms with Crippen molar-refractivity contribution in [1.29, 1.82) is 0 Å². The topological polar surface area (TPSA) is 76.1 Å². The van der Waals surface area contributed by atoms with Gasteiger partial charge in [-0.05, 0) is 52.3 Å². The van der Waals surface area contributed by atoms with Crippen molar-refractivity contribution in [3.8, 4) is 5.75 Å². The summed E-state index contributed by atoms with van der Waals surface area (Å²) in [5.41, 5.74) is 2.22. The van der Waals surface area contributed by atoms with Crippen molar-refractivity contribution >= 4 is 49.9 Å². The summed E-state index contributed by atoms with van der Waals surface area (Å²) in [6.07, 6.45) is 2.71. The summed E-state index contributed by atoms with van der Waals surface area (Å²) >= 11 is 3.43. The first-order valence-electron chi connectivity index (χ1n) is 7.39. The van der Waals surface area contributed by atoms with Gasteiger partial charge in [-0.2, -0.15) is 0 Å². The fourth-order valence-corrected chi connectivity index (χ4v) is 2.71. The number of carbonyl (C=O) groups is 1. The Morgan fingerprint density at radius 2 is 2.00 bits per heavy atom. The Labute approximate surface area is 153 Å². The first-order chi connectivity index (χ1) is 12.1. The van der Waals surface area contributed by atoms with E-state index in [1.54, 1.807) is 13.2 Å². The summed E-state index contributed by atoms with van der Waals surface area (Å²) in [4.78, 5) is 20.1. The Kier molecular flexibility index (Phi) is 4.95. The molecule has 0 fully saturated rings. The molecule has 0 aliphatic rings. The van der Waals surface area contributed by atoms with E-state index in [1.807, 2.05) is 30.3 Å². The molecule has 7 heteroatoms. The molecule has 3 aromatic rings. The molecule has 0 aliphatic carbocycles. The van der Waals surface area contributed by atoms with Gasteiger partial charge < -0.3 is 15.4 Å². The number of nitrogens with zero attached hydrogens (tertiary/aromatic N) is 2. The number of anilines is 3. The van der Waals surface area contributed by atoms with Crippen LogP contribution in [-0.4, -0.2) is 23.0 Å². The minimum Gasteiger partial charge on any atom is -0.495 e. The normalized spacial score (nSPS) is 10.3. The molecule has 1 heterocycles. The Morgan fingerprint density at radius 3 is 2.76 bits per heavy atom. The summed E-state index contributed by atoms with van der Waals surface area (Å²) in [7, 11) is 1.61. The van der Waals surface area contributed by atoms with Crippen LogP contribution >= 0.6 is 15.9 Å². The standard InChI is InChI=1S/C18H15BrN4O2/c1-3-17(24)22-11-5-7-15-13(8-11)18(21-10-20-15)23-12-4-6-14(19)16(9-12)25-2/h3-10H,1H2,2H3,(H,22,24)(H,20,21,23). The van der Waals surface area contributed by atoms with Crippen LogP contribution in [0.2, 0.25) is 0 Å². The number of aromatic nitrogens is 2. The molecule has 2 aromatic carbocycles. The number of carbonyl (C=O) groups excluding carboxylic acids is 1. The molecule has 1 aromatic heterocycles. The van der Waals surface area contributed by atoms with Gasteiger partial charge >= 0.3 is 0 Å². The lowest BCUT2D eigenvalue weighted by Gasteiger charge is -2.11. The molecule has 0 saturated carbocycles. The van der Waals surface area contributed by atoms with Crippen LogP contribution in [0.1, 0.15) is 0 Å². The molecule has 0 bridgehead atoms. The van der Waals surface area contributed by atoms with Gasteiger partial charge in [-0.15, -0.1) is 0 Å². The van der Waals surface area contributed by atoms with Crippen molar-refractivity contribution in [2.75, 3.05) is 17.7 Å². The van der Waals surface area contributed by atoms with Crippen LogP contribution in [0.3, 0.4) is 0 Å². The third kappa shape index (κ3) is 3.77. The average molecular weight is 399 g/mol. The average Bonchev–Trinajstić information content (AvgIpc) is 2.63. The van der Waals surface area contributed by atoms with Crippen molar-refractivity contribution in [2.24, 2.45) is 0 Å². The number of nitrogens with one attached hydrogen (secondary N) is 2. The van der Waals surface area contributed by atoms with Crippen LogP contribution in [0.5, 0.6) is 5.75 Å². The molecule has 0 saturated heterocycles. The maximum Gasteiger partial charge on any atom is 0.247 e. The number of hydrogen-bond acceptors (Lipinski definition) is 5. The second kappa shape index (κ2) is 7.31. The third-order valence-corrected chi connectivity index (χ3v) is 4.16. The zero-order valence-corrected chi connectivity index (χ0v) is 15.0. The molecule has 3 rings (SSSR count). The minimum absolute atomic E-state index is 0.275. The smallest absolute Gasteiger partial charge is 0.247 e. The van der Waals surface area contributed by atoms with Crippen molar-refractivity contribution < 1.29 is 9.53 Å². The van der Waals surface area contributed by atoms with Gasteiger partial charge in [0.1, 0.15) is 17.9 Å². The van der Waals surface area contributed by atoms with Gasteiger partial charge in [0.2, 0.25) is 5.91 Å². The fraction of sp³-hybridized carbons (Fsp3) is 0.0556. The quantitative estimate of drug-likeness (QED) is 0.627. The molecule has 0 atom stereocenters. The number of rotatable bonds is 5. The van der Waals surface area contributed by atoms with Gasteiger partial charge in [-0.1, -0.05) is 6.58 Å². The maximum absolute atomic E-state index is 11.5. The van der Waals surface area contributed by atoms with E-state index >= 15 is 0 Å². The van der Waals surface area contributed by atoms with Crippen LogP contribution in [-0.2, 0) is 4.79 Å². The number of benzene rings is 2. The van der Waals surface area contributed by atoms with Gasteiger partial charge in [0.15, 0.2) is 0 Å². The highest BCUT2D eigenvalue weighted by Crippen LogP contribution is 2.31. The first-order valence-corrected chi connectivity index (χ1v) is 8.19. The van der Waals surface area contributed by atoms with Crippen molar-refractivity contribution in [2.45, 2.75) is 0 Å². The number of halogens is 1. The van der Waals surface area contributed by atoms with Gasteiger partial charge in [0.05, 0.1) is 17.1 Å². The molecular formula is C18H15BrN4O2. The van der Waals surface area contributed by atoms with Crippen LogP contribution in [0.4, 0.5) is 17.2 Å². The number of hydrogen-bond donors (Lipinski definition) is 2. The highest BCUT2D eigenvalue weighted by Gasteiger charge is 2.08. The molecule has 0 unspecified atom stereocenters. The van der Waals surface area contributed by atoms with Crippen LogP contribution < -0.4 is 15.4 Å². The summed E-state index contributed by atoms with van der Waals surface area (Å²) in [6, 6.07) is 11.1. The van der Waals surface area contributed by atoms with Crippen LogP contribution in [0, 0.1) is 0 Å². The van der Waals surface area contributed by atoms with Crippen LogP contribution in [0.15, 0.2) is 59.9 Å². The SMILES string of the molecule is C=CC(=O)Nc1ccc2ncnc(Nc3ccc(Br)c(OC)c3)c2c1. The highest BCUT2D eigenvalue weighted by molar-refractivity contribution is 9.10. The molecule has 0 aliphatic heterocycles. The lowest BCUT2D eigenvalue weighted by molar-refractivity contribution is -0.111. The van der Waals surface area contributed by atoms with Gasteiger partial charge in [-0.3, -0.25) is 4.79 Å². The van der Waals surface area contributed by atoms with Crippen molar-refractivity contribution in [3.05, 3.63) is 59.9 Å². The molecule has 126 valence electrons. The van der Waals surface area contributed by atoms with Gasteiger partial charge in [-0.25, -0.2) is 9.97 Å². The number of methoxy groups -OCH3 is 1. The summed E-state index contributed by atoms with van der Waals surface area (Å²) in [5, 5.41) is 6.78. The van der Waals surface area contributed by atoms with E-state index in [1.165, 1.54) is 12.4 Å². The number of ether oxygens (including phenoxy) is 1. The second-order valence-electron chi connectivity index (χ2n) is 5.12. The third-order valence-electron chi connectivity index (χ3n) is 3.50. The zero-order valence-electron chi connectivity index (χ0n) is 13.4. The van der Waals surface area contributed by atoms with Crippen molar-refractivity contribution in [1.82, 2.24) is 9.97 Å². The highest BCUT2D eigenvalue weighted by atomic mass is 79.9. The monoisotopic (exact) mass is 398 g/mol. The molecular weight excluding hydrogens is 384 g/mol. The van der Waals surface area contributed by atoms with E-state index in [-0.39, 0.29) is 5.91 Å². The lowest BCUT2D eigenvalue weighted by atomic mass is 10.2. The lowest BCUT2D eigenvalue weighted by Crippen LogP contribution is -2.07. The van der Waals surface area contributed by atoms with Crippen molar-refractivity contribution in [3.63, 3.8) is 0 Å². The summed E-state index contributed by atoms with van der Waals surface area (Å²) < 4.78 is 6.17. The zero-order chi connectivity index (χ0) is 17.8.